The molecule has 0 radical (unpaired) electrons. The Balaban J connectivity index is 1.91. The molecule has 1 unspecified atom stereocenters. The fourth-order valence-corrected chi connectivity index (χ4v) is 3.27. The monoisotopic (exact) mass is 400 g/mol. The van der Waals surface area contributed by atoms with Gasteiger partial charge in [-0.05, 0) is 66.2 Å². The van der Waals surface area contributed by atoms with Crippen molar-refractivity contribution in [2.45, 2.75) is 13.0 Å². The number of carbonyl (C=O) groups excluding carboxylic acids is 1. The molecule has 0 aliphatic carbocycles. The summed E-state index contributed by atoms with van der Waals surface area (Å²) in [5.74, 6) is 0.0120. The molecule has 0 saturated heterocycles. The van der Waals surface area contributed by atoms with Crippen molar-refractivity contribution in [3.63, 3.8) is 0 Å². The van der Waals surface area contributed by atoms with Gasteiger partial charge in [0.2, 0.25) is 5.91 Å². The molecule has 5 heteroatoms. The van der Waals surface area contributed by atoms with Crippen LogP contribution in [-0.2, 0) is 4.79 Å². The van der Waals surface area contributed by atoms with Gasteiger partial charge in [-0.15, -0.1) is 11.3 Å². The van der Waals surface area contributed by atoms with E-state index in [1.165, 1.54) is 4.88 Å². The van der Waals surface area contributed by atoms with E-state index in [4.69, 9.17) is 0 Å². The molecule has 1 amide bonds. The van der Waals surface area contributed by atoms with Crippen LogP contribution in [0.4, 0.5) is 5.69 Å². The largest absolute Gasteiger partial charge is 0.325 e. The van der Waals surface area contributed by atoms with Crippen LogP contribution in [-0.4, -0.2) is 24.4 Å². The van der Waals surface area contributed by atoms with Crippen LogP contribution in [0.3, 0.4) is 0 Å². The maximum atomic E-state index is 12.1. The fraction of sp³-hybridized carbons (Fsp3) is 0.267. The maximum Gasteiger partial charge on any atom is 0.238 e. The zero-order valence-corrected chi connectivity index (χ0v) is 14.4. The first-order chi connectivity index (χ1) is 9.56. The number of anilines is 1. The highest BCUT2D eigenvalue weighted by Gasteiger charge is 2.15. The molecule has 0 spiro atoms. The van der Waals surface area contributed by atoms with Crippen LogP contribution in [0.25, 0.3) is 0 Å². The van der Waals surface area contributed by atoms with Crippen LogP contribution >= 0.6 is 33.9 Å². The average molecular weight is 400 g/mol. The minimum atomic E-state index is 0.0120. The molecular weight excluding hydrogens is 383 g/mol. The number of amides is 1. The molecular formula is C15H17IN2OS. The van der Waals surface area contributed by atoms with Gasteiger partial charge in [-0.25, -0.2) is 0 Å². The third-order valence-corrected chi connectivity index (χ3v) is 4.83. The van der Waals surface area contributed by atoms with Crippen LogP contribution in [0.1, 0.15) is 17.8 Å². The second kappa shape index (κ2) is 7.19. The summed E-state index contributed by atoms with van der Waals surface area (Å²) in [7, 11) is 1.97. The number of hydrogen-bond donors (Lipinski definition) is 1. The van der Waals surface area contributed by atoms with Gasteiger partial charge in [-0.2, -0.15) is 0 Å². The fourth-order valence-electron chi connectivity index (χ4n) is 1.88. The quantitative estimate of drug-likeness (QED) is 0.771. The molecule has 0 aliphatic rings. The van der Waals surface area contributed by atoms with Crippen molar-refractivity contribution in [3.8, 4) is 0 Å². The van der Waals surface area contributed by atoms with Gasteiger partial charge in [0.05, 0.1) is 6.54 Å². The van der Waals surface area contributed by atoms with E-state index >= 15 is 0 Å². The molecule has 2 aromatic rings. The Morgan fingerprint density at radius 1 is 1.40 bits per heavy atom. The van der Waals surface area contributed by atoms with Crippen molar-refractivity contribution in [1.29, 1.82) is 0 Å². The predicted molar refractivity (Wildman–Crippen MR) is 93.2 cm³/mol. The third kappa shape index (κ3) is 4.29. The van der Waals surface area contributed by atoms with E-state index < -0.39 is 0 Å². The highest BCUT2D eigenvalue weighted by Crippen LogP contribution is 2.23. The van der Waals surface area contributed by atoms with Gasteiger partial charge in [-0.3, -0.25) is 9.69 Å². The number of benzene rings is 1. The van der Waals surface area contributed by atoms with E-state index in [0.717, 1.165) is 9.26 Å². The topological polar surface area (TPSA) is 32.3 Å². The minimum Gasteiger partial charge on any atom is -0.325 e. The molecule has 0 fully saturated rings. The van der Waals surface area contributed by atoms with Crippen molar-refractivity contribution < 1.29 is 4.79 Å². The van der Waals surface area contributed by atoms with Crippen LogP contribution in [0.15, 0.2) is 41.8 Å². The number of halogens is 1. The molecule has 0 bridgehead atoms. The molecule has 20 heavy (non-hydrogen) atoms. The van der Waals surface area contributed by atoms with Crippen molar-refractivity contribution in [2.24, 2.45) is 0 Å². The Morgan fingerprint density at radius 3 is 2.85 bits per heavy atom. The lowest BCUT2D eigenvalue weighted by Crippen LogP contribution is -2.31. The molecule has 0 aliphatic heterocycles. The summed E-state index contributed by atoms with van der Waals surface area (Å²) in [6.07, 6.45) is 0. The zero-order chi connectivity index (χ0) is 14.5. The van der Waals surface area contributed by atoms with Gasteiger partial charge in [-0.1, -0.05) is 12.1 Å². The number of carbonyl (C=O) groups is 1. The first-order valence-corrected chi connectivity index (χ1v) is 8.31. The van der Waals surface area contributed by atoms with Crippen molar-refractivity contribution >= 4 is 45.5 Å². The van der Waals surface area contributed by atoms with Gasteiger partial charge in [0.15, 0.2) is 0 Å². The summed E-state index contributed by atoms with van der Waals surface area (Å²) in [6, 6.07) is 12.2. The van der Waals surface area contributed by atoms with Crippen molar-refractivity contribution in [1.82, 2.24) is 4.90 Å². The average Bonchev–Trinajstić information content (AvgIpc) is 2.91. The van der Waals surface area contributed by atoms with Crippen molar-refractivity contribution in [3.05, 3.63) is 50.2 Å². The number of rotatable bonds is 5. The highest BCUT2D eigenvalue weighted by molar-refractivity contribution is 14.1. The van der Waals surface area contributed by atoms with E-state index in [1.807, 2.05) is 37.4 Å². The molecule has 1 aromatic heterocycles. The molecule has 0 saturated carbocycles. The smallest absolute Gasteiger partial charge is 0.238 e. The number of likely N-dealkylation sites (N-methyl/N-ethyl adjacent to an activating group) is 1. The lowest BCUT2D eigenvalue weighted by atomic mass is 10.2. The number of hydrogen-bond acceptors (Lipinski definition) is 3. The number of nitrogens with zero attached hydrogens (tertiary/aromatic N) is 1. The lowest BCUT2D eigenvalue weighted by Gasteiger charge is -2.23. The van der Waals surface area contributed by atoms with Gasteiger partial charge in [0, 0.05) is 20.2 Å². The number of nitrogens with one attached hydrogen (secondary N) is 1. The van der Waals surface area contributed by atoms with E-state index in [9.17, 15) is 4.79 Å². The molecule has 1 N–H and O–H groups in total. The van der Waals surface area contributed by atoms with Gasteiger partial charge >= 0.3 is 0 Å². The second-order valence-corrected chi connectivity index (χ2v) is 6.89. The van der Waals surface area contributed by atoms with E-state index in [1.54, 1.807) is 11.3 Å². The van der Waals surface area contributed by atoms with Gasteiger partial charge in [0.25, 0.3) is 0 Å². The SMILES string of the molecule is CC(c1cccs1)N(C)CC(=O)Nc1cccc(I)c1. The van der Waals surface area contributed by atoms with Gasteiger partial charge in [0.1, 0.15) is 0 Å². The Kier molecular flexibility index (Phi) is 5.56. The third-order valence-electron chi connectivity index (χ3n) is 3.12. The summed E-state index contributed by atoms with van der Waals surface area (Å²) in [5.41, 5.74) is 0.846. The van der Waals surface area contributed by atoms with Crippen LogP contribution in [0.2, 0.25) is 0 Å². The Labute approximate surface area is 137 Å². The Bertz CT molecular complexity index is 571. The Hall–Kier alpha value is -0.920. The molecule has 3 nitrogen and oxygen atoms in total. The second-order valence-electron chi connectivity index (χ2n) is 4.67. The van der Waals surface area contributed by atoms with Crippen molar-refractivity contribution in [2.75, 3.05) is 18.9 Å². The molecule has 106 valence electrons. The normalized spacial score (nSPS) is 12.4. The summed E-state index contributed by atoms with van der Waals surface area (Å²) in [5, 5.41) is 4.99. The summed E-state index contributed by atoms with van der Waals surface area (Å²) < 4.78 is 1.11. The summed E-state index contributed by atoms with van der Waals surface area (Å²) in [6.45, 7) is 2.50. The van der Waals surface area contributed by atoms with E-state index in [-0.39, 0.29) is 11.9 Å². The van der Waals surface area contributed by atoms with E-state index in [2.05, 4.69) is 51.2 Å². The Morgan fingerprint density at radius 2 is 2.20 bits per heavy atom. The molecule has 2 rings (SSSR count). The number of thiophene rings is 1. The highest BCUT2D eigenvalue weighted by atomic mass is 127. The van der Waals surface area contributed by atoms with Crippen LogP contribution in [0.5, 0.6) is 0 Å². The predicted octanol–water partition coefficient (Wildman–Crippen LogP) is 3.98. The minimum absolute atomic E-state index is 0.0120. The maximum absolute atomic E-state index is 12.1. The lowest BCUT2D eigenvalue weighted by molar-refractivity contribution is -0.117. The van der Waals surface area contributed by atoms with E-state index in [0.29, 0.717) is 6.54 Å². The molecule has 1 atom stereocenters. The molecule has 1 heterocycles. The summed E-state index contributed by atoms with van der Waals surface area (Å²) >= 11 is 3.95. The zero-order valence-electron chi connectivity index (χ0n) is 11.5. The standard InChI is InChI=1S/C15H17IN2OS/c1-11(14-7-4-8-20-14)18(2)10-15(19)17-13-6-3-5-12(16)9-13/h3-9,11H,10H2,1-2H3,(H,17,19). The van der Waals surface area contributed by atoms with Crippen LogP contribution in [0, 0.1) is 3.57 Å². The first kappa shape index (κ1) is 15.5. The molecule has 1 aromatic carbocycles. The van der Waals surface area contributed by atoms with Gasteiger partial charge < -0.3 is 5.32 Å². The van der Waals surface area contributed by atoms with Crippen LogP contribution < -0.4 is 5.32 Å². The summed E-state index contributed by atoms with van der Waals surface area (Å²) in [4.78, 5) is 15.4. The first-order valence-electron chi connectivity index (χ1n) is 6.35.